The molecule has 0 aliphatic rings. The van der Waals surface area contributed by atoms with Crippen LogP contribution in [0.5, 0.6) is 0 Å². The summed E-state index contributed by atoms with van der Waals surface area (Å²) in [5.41, 5.74) is 1.42. The lowest BCUT2D eigenvalue weighted by atomic mass is 10.1. The van der Waals surface area contributed by atoms with Crippen LogP contribution < -0.4 is 5.32 Å². The van der Waals surface area contributed by atoms with E-state index in [9.17, 15) is 4.79 Å². The van der Waals surface area contributed by atoms with Crippen molar-refractivity contribution in [2.45, 2.75) is 26.3 Å². The number of aromatic nitrogens is 3. The van der Waals surface area contributed by atoms with Crippen molar-refractivity contribution in [1.29, 1.82) is 0 Å². The van der Waals surface area contributed by atoms with Crippen LogP contribution in [0, 0.1) is 6.92 Å². The normalized spacial score (nSPS) is 12.3. The average Bonchev–Trinajstić information content (AvgIpc) is 2.98. The minimum absolute atomic E-state index is 0.151. The first-order valence-electron chi connectivity index (χ1n) is 7.35. The predicted molar refractivity (Wildman–Crippen MR) is 85.6 cm³/mol. The van der Waals surface area contributed by atoms with Crippen LogP contribution in [0.3, 0.4) is 0 Å². The van der Waals surface area contributed by atoms with Crippen LogP contribution in [-0.4, -0.2) is 20.9 Å². The number of benzene rings is 1. The second-order valence-corrected chi connectivity index (χ2v) is 5.27. The van der Waals surface area contributed by atoms with Crippen molar-refractivity contribution in [2.75, 3.05) is 0 Å². The van der Waals surface area contributed by atoms with Crippen LogP contribution >= 0.6 is 0 Å². The molecule has 0 saturated heterocycles. The lowest BCUT2D eigenvalue weighted by Crippen LogP contribution is -2.29. The molecular weight excluding hydrogens is 276 g/mol. The summed E-state index contributed by atoms with van der Waals surface area (Å²) in [7, 11) is 0. The Hall–Kier alpha value is -2.69. The zero-order valence-corrected chi connectivity index (χ0v) is 12.6. The lowest BCUT2D eigenvalue weighted by Gasteiger charge is -2.15. The Kier molecular flexibility index (Phi) is 3.87. The van der Waals surface area contributed by atoms with E-state index in [1.807, 2.05) is 44.2 Å². The Morgan fingerprint density at radius 1 is 1.27 bits per heavy atom. The fourth-order valence-corrected chi connectivity index (χ4v) is 2.50. The fourth-order valence-electron chi connectivity index (χ4n) is 2.50. The van der Waals surface area contributed by atoms with E-state index < -0.39 is 0 Å². The van der Waals surface area contributed by atoms with Gasteiger partial charge in [-0.3, -0.25) is 9.78 Å². The molecular formula is C17H18N4O. The Morgan fingerprint density at radius 3 is 2.82 bits per heavy atom. The van der Waals surface area contributed by atoms with E-state index in [1.165, 1.54) is 0 Å². The SMILES string of the molecule is CC[C@@H](NC(=O)c1nccc2ccccc12)c1ncc(C)[nH]1. The molecule has 22 heavy (non-hydrogen) atoms. The quantitative estimate of drug-likeness (QED) is 0.776. The number of amides is 1. The van der Waals surface area contributed by atoms with E-state index in [2.05, 4.69) is 20.3 Å². The molecule has 0 radical (unpaired) electrons. The van der Waals surface area contributed by atoms with Gasteiger partial charge >= 0.3 is 0 Å². The number of imidazole rings is 1. The van der Waals surface area contributed by atoms with Crippen LogP contribution in [0.4, 0.5) is 0 Å². The number of pyridine rings is 1. The number of hydrogen-bond acceptors (Lipinski definition) is 3. The first kappa shape index (κ1) is 14.3. The predicted octanol–water partition coefficient (Wildman–Crippen LogP) is 3.15. The molecule has 1 atom stereocenters. The maximum Gasteiger partial charge on any atom is 0.271 e. The van der Waals surface area contributed by atoms with Crippen LogP contribution in [0.2, 0.25) is 0 Å². The Balaban J connectivity index is 1.89. The number of H-pyrrole nitrogens is 1. The zero-order chi connectivity index (χ0) is 15.5. The van der Waals surface area contributed by atoms with Gasteiger partial charge in [-0.05, 0) is 24.8 Å². The minimum atomic E-state index is -0.183. The standard InChI is InChI=1S/C17H18N4O/c1-3-14(16-19-10-11(2)20-16)21-17(22)15-13-7-5-4-6-12(13)8-9-18-15/h4-10,14H,3H2,1-2H3,(H,19,20)(H,21,22)/t14-/m1/s1. The second kappa shape index (κ2) is 5.97. The van der Waals surface area contributed by atoms with Crippen LogP contribution in [0.1, 0.15) is 41.4 Å². The van der Waals surface area contributed by atoms with Crippen LogP contribution in [0.15, 0.2) is 42.7 Å². The Bertz CT molecular complexity index is 804. The molecule has 0 fully saturated rings. The van der Waals surface area contributed by atoms with Gasteiger partial charge in [-0.25, -0.2) is 4.98 Å². The molecule has 0 aliphatic carbocycles. The van der Waals surface area contributed by atoms with Gasteiger partial charge in [0.25, 0.3) is 5.91 Å². The third kappa shape index (κ3) is 2.70. The topological polar surface area (TPSA) is 70.7 Å². The highest BCUT2D eigenvalue weighted by atomic mass is 16.1. The van der Waals surface area contributed by atoms with Gasteiger partial charge in [0.15, 0.2) is 0 Å². The first-order chi connectivity index (χ1) is 10.7. The summed E-state index contributed by atoms with van der Waals surface area (Å²) in [6.45, 7) is 3.95. The van der Waals surface area contributed by atoms with Crippen LogP contribution in [-0.2, 0) is 0 Å². The molecule has 3 rings (SSSR count). The van der Waals surface area contributed by atoms with Gasteiger partial charge in [0.1, 0.15) is 11.5 Å². The van der Waals surface area contributed by atoms with Gasteiger partial charge in [-0.1, -0.05) is 31.2 Å². The number of rotatable bonds is 4. The Labute approximate surface area is 128 Å². The van der Waals surface area contributed by atoms with Crippen molar-refractivity contribution in [3.63, 3.8) is 0 Å². The monoisotopic (exact) mass is 294 g/mol. The van der Waals surface area contributed by atoms with E-state index in [1.54, 1.807) is 12.4 Å². The number of nitrogens with zero attached hydrogens (tertiary/aromatic N) is 2. The molecule has 0 aliphatic heterocycles. The first-order valence-corrected chi connectivity index (χ1v) is 7.35. The van der Waals surface area contributed by atoms with E-state index in [0.717, 1.165) is 28.7 Å². The summed E-state index contributed by atoms with van der Waals surface area (Å²) in [6, 6.07) is 9.50. The molecule has 5 nitrogen and oxygen atoms in total. The van der Waals surface area contributed by atoms with E-state index in [-0.39, 0.29) is 11.9 Å². The molecule has 1 aromatic carbocycles. The highest BCUT2D eigenvalue weighted by Gasteiger charge is 2.18. The van der Waals surface area contributed by atoms with Gasteiger partial charge in [0.05, 0.1) is 6.04 Å². The summed E-state index contributed by atoms with van der Waals surface area (Å²) in [5.74, 6) is 0.589. The molecule has 0 spiro atoms. The molecule has 5 heteroatoms. The molecule has 0 saturated carbocycles. The van der Waals surface area contributed by atoms with Gasteiger partial charge in [0.2, 0.25) is 0 Å². The smallest absolute Gasteiger partial charge is 0.271 e. The van der Waals surface area contributed by atoms with Crippen LogP contribution in [0.25, 0.3) is 10.8 Å². The largest absolute Gasteiger partial charge is 0.344 e. The highest BCUT2D eigenvalue weighted by Crippen LogP contribution is 2.18. The van der Waals surface area contributed by atoms with E-state index >= 15 is 0 Å². The molecule has 3 aromatic rings. The summed E-state index contributed by atoms with van der Waals surface area (Å²) < 4.78 is 0. The lowest BCUT2D eigenvalue weighted by molar-refractivity contribution is 0.0930. The maximum absolute atomic E-state index is 12.6. The molecule has 1 amide bonds. The average molecular weight is 294 g/mol. The van der Waals surface area contributed by atoms with Gasteiger partial charge < -0.3 is 10.3 Å². The third-order valence-corrected chi connectivity index (χ3v) is 3.65. The van der Waals surface area contributed by atoms with Crippen molar-refractivity contribution < 1.29 is 4.79 Å². The van der Waals surface area contributed by atoms with Gasteiger partial charge in [0, 0.05) is 23.5 Å². The number of fused-ring (bicyclic) bond motifs is 1. The molecule has 112 valence electrons. The molecule has 0 unspecified atom stereocenters. The molecule has 2 aromatic heterocycles. The number of nitrogens with one attached hydrogen (secondary N) is 2. The molecule has 2 heterocycles. The molecule has 2 N–H and O–H groups in total. The van der Waals surface area contributed by atoms with Crippen molar-refractivity contribution in [3.8, 4) is 0 Å². The minimum Gasteiger partial charge on any atom is -0.344 e. The fraction of sp³-hybridized carbons (Fsp3) is 0.235. The summed E-state index contributed by atoms with van der Waals surface area (Å²) in [5, 5.41) is 4.87. The Morgan fingerprint density at radius 2 is 2.09 bits per heavy atom. The van der Waals surface area contributed by atoms with Crippen molar-refractivity contribution >= 4 is 16.7 Å². The van der Waals surface area contributed by atoms with Gasteiger partial charge in [-0.15, -0.1) is 0 Å². The van der Waals surface area contributed by atoms with Crippen molar-refractivity contribution in [1.82, 2.24) is 20.3 Å². The van der Waals surface area contributed by atoms with Crippen molar-refractivity contribution in [3.05, 3.63) is 59.9 Å². The van der Waals surface area contributed by atoms with E-state index in [0.29, 0.717) is 5.69 Å². The summed E-state index contributed by atoms with van der Waals surface area (Å²) in [4.78, 5) is 24.3. The summed E-state index contributed by atoms with van der Waals surface area (Å²) in [6.07, 6.45) is 4.18. The maximum atomic E-state index is 12.6. The number of aryl methyl sites for hydroxylation is 1. The summed E-state index contributed by atoms with van der Waals surface area (Å²) >= 11 is 0. The van der Waals surface area contributed by atoms with E-state index in [4.69, 9.17) is 0 Å². The molecule has 0 bridgehead atoms. The van der Waals surface area contributed by atoms with Crippen molar-refractivity contribution in [2.24, 2.45) is 0 Å². The number of carbonyl (C=O) groups is 1. The third-order valence-electron chi connectivity index (χ3n) is 3.65. The number of carbonyl (C=O) groups excluding carboxylic acids is 1. The zero-order valence-electron chi connectivity index (χ0n) is 12.6. The highest BCUT2D eigenvalue weighted by molar-refractivity contribution is 6.05. The number of aromatic amines is 1. The van der Waals surface area contributed by atoms with Gasteiger partial charge in [-0.2, -0.15) is 0 Å². The second-order valence-electron chi connectivity index (χ2n) is 5.27. The number of hydrogen-bond donors (Lipinski definition) is 2.